The van der Waals surface area contributed by atoms with Crippen molar-refractivity contribution in [2.75, 3.05) is 5.75 Å². The van der Waals surface area contributed by atoms with Crippen LogP contribution in [-0.4, -0.2) is 26.4 Å². The Hall–Kier alpha value is -1.82. The number of carboxylic acids is 1. The maximum Gasteiger partial charge on any atom is 0.327 e. The van der Waals surface area contributed by atoms with E-state index < -0.39 is 12.0 Å². The van der Waals surface area contributed by atoms with Crippen LogP contribution in [0.4, 0.5) is 0 Å². The number of para-hydroxylation sites is 1. The Balaban J connectivity index is 2.79. The summed E-state index contributed by atoms with van der Waals surface area (Å²) in [4.78, 5) is 27.7. The fourth-order valence-corrected chi connectivity index (χ4v) is 2.21. The van der Waals surface area contributed by atoms with E-state index in [1.54, 1.807) is 31.2 Å². The topological polar surface area (TPSA) is 72.2 Å². The van der Waals surface area contributed by atoms with Crippen molar-refractivity contribution in [2.24, 2.45) is 0 Å². The van der Waals surface area contributed by atoms with Gasteiger partial charge < -0.3 is 5.11 Å². The molecule has 1 atom stereocenters. The maximum absolute atomic E-state index is 12.3. The quantitative estimate of drug-likeness (QED) is 0.819. The number of thiol groups is 1. The second-order valence-electron chi connectivity index (χ2n) is 3.89. The summed E-state index contributed by atoms with van der Waals surface area (Å²) in [5.41, 5.74) is 0.221. The molecule has 0 unspecified atom stereocenters. The Morgan fingerprint density at radius 3 is 2.78 bits per heavy atom. The number of fused-ring (bicyclic) bond motifs is 1. The third-order valence-corrected chi connectivity index (χ3v) is 3.10. The van der Waals surface area contributed by atoms with Gasteiger partial charge in [0.25, 0.3) is 5.56 Å². The smallest absolute Gasteiger partial charge is 0.327 e. The molecular weight excluding hydrogens is 252 g/mol. The van der Waals surface area contributed by atoms with E-state index in [1.807, 2.05) is 0 Å². The molecule has 0 saturated carbocycles. The van der Waals surface area contributed by atoms with Gasteiger partial charge in [-0.15, -0.1) is 0 Å². The van der Waals surface area contributed by atoms with Gasteiger partial charge in [0.1, 0.15) is 11.9 Å². The van der Waals surface area contributed by atoms with Crippen molar-refractivity contribution in [1.29, 1.82) is 0 Å². The van der Waals surface area contributed by atoms with Gasteiger partial charge in [0.15, 0.2) is 0 Å². The summed E-state index contributed by atoms with van der Waals surface area (Å²) < 4.78 is 1.18. The summed E-state index contributed by atoms with van der Waals surface area (Å²) in [5.74, 6) is -0.678. The summed E-state index contributed by atoms with van der Waals surface area (Å²) in [6, 6.07) is 5.87. The Morgan fingerprint density at radius 1 is 1.50 bits per heavy atom. The first kappa shape index (κ1) is 12.6. The molecular formula is C12H12N2O3S. The van der Waals surface area contributed by atoms with Crippen LogP contribution < -0.4 is 5.56 Å². The number of benzene rings is 1. The molecule has 94 valence electrons. The number of hydrogen-bond acceptors (Lipinski definition) is 4. The number of rotatable bonds is 3. The van der Waals surface area contributed by atoms with Gasteiger partial charge >= 0.3 is 5.97 Å². The summed E-state index contributed by atoms with van der Waals surface area (Å²) >= 11 is 3.99. The van der Waals surface area contributed by atoms with E-state index in [0.29, 0.717) is 16.7 Å². The number of hydrogen-bond donors (Lipinski definition) is 2. The monoisotopic (exact) mass is 264 g/mol. The molecule has 0 spiro atoms. The lowest BCUT2D eigenvalue weighted by molar-refractivity contribution is -0.140. The molecule has 0 aliphatic carbocycles. The van der Waals surface area contributed by atoms with E-state index >= 15 is 0 Å². The van der Waals surface area contributed by atoms with Crippen LogP contribution in [0.1, 0.15) is 11.9 Å². The standard InChI is InChI=1S/C12H12N2O3S/c1-7-13-9-5-3-2-4-8(9)11(15)14(7)10(6-18)12(16)17/h2-5,10,18H,6H2,1H3,(H,16,17)/t10-/m0/s1. The summed E-state index contributed by atoms with van der Waals surface area (Å²) in [5, 5.41) is 9.52. The first-order valence-corrected chi connectivity index (χ1v) is 6.01. The highest BCUT2D eigenvalue weighted by atomic mass is 32.1. The molecule has 6 heteroatoms. The lowest BCUT2D eigenvalue weighted by Gasteiger charge is -2.16. The molecule has 0 fully saturated rings. The van der Waals surface area contributed by atoms with E-state index in [4.69, 9.17) is 5.11 Å². The molecule has 18 heavy (non-hydrogen) atoms. The summed E-state index contributed by atoms with van der Waals surface area (Å²) in [7, 11) is 0. The van der Waals surface area contributed by atoms with Crippen molar-refractivity contribution in [2.45, 2.75) is 13.0 Å². The van der Waals surface area contributed by atoms with Crippen LogP contribution in [0.5, 0.6) is 0 Å². The maximum atomic E-state index is 12.3. The van der Waals surface area contributed by atoms with Crippen molar-refractivity contribution in [3.05, 3.63) is 40.4 Å². The largest absolute Gasteiger partial charge is 0.480 e. The van der Waals surface area contributed by atoms with Crippen LogP contribution in [0.25, 0.3) is 10.9 Å². The van der Waals surface area contributed by atoms with Gasteiger partial charge in [0.05, 0.1) is 10.9 Å². The van der Waals surface area contributed by atoms with Crippen molar-refractivity contribution in [3.8, 4) is 0 Å². The zero-order chi connectivity index (χ0) is 13.3. The molecule has 0 aliphatic rings. The predicted molar refractivity (Wildman–Crippen MR) is 71.3 cm³/mol. The fraction of sp³-hybridized carbons (Fsp3) is 0.250. The zero-order valence-electron chi connectivity index (χ0n) is 9.70. The first-order valence-electron chi connectivity index (χ1n) is 5.37. The lowest BCUT2D eigenvalue weighted by atomic mass is 10.2. The molecule has 2 rings (SSSR count). The van der Waals surface area contributed by atoms with E-state index in [9.17, 15) is 9.59 Å². The molecule has 0 aliphatic heterocycles. The Labute approximate surface area is 108 Å². The van der Waals surface area contributed by atoms with Crippen LogP contribution in [-0.2, 0) is 4.79 Å². The van der Waals surface area contributed by atoms with Crippen molar-refractivity contribution in [1.82, 2.24) is 9.55 Å². The highest BCUT2D eigenvalue weighted by Gasteiger charge is 2.22. The average molecular weight is 264 g/mol. The molecule has 0 radical (unpaired) electrons. The number of aliphatic carboxylic acids is 1. The van der Waals surface area contributed by atoms with Gasteiger partial charge in [-0.3, -0.25) is 9.36 Å². The molecule has 1 heterocycles. The third kappa shape index (κ3) is 1.99. The number of carbonyl (C=O) groups is 1. The van der Waals surface area contributed by atoms with Gasteiger partial charge in [0.2, 0.25) is 0 Å². The Morgan fingerprint density at radius 2 is 2.17 bits per heavy atom. The number of carboxylic acid groups (broad SMARTS) is 1. The first-order chi connectivity index (χ1) is 8.56. The SMILES string of the molecule is Cc1nc2ccccc2c(=O)n1[C@@H](CS)C(=O)O. The van der Waals surface area contributed by atoms with Gasteiger partial charge in [-0.05, 0) is 19.1 Å². The normalized spacial score (nSPS) is 12.6. The highest BCUT2D eigenvalue weighted by molar-refractivity contribution is 7.80. The van der Waals surface area contributed by atoms with Gasteiger partial charge in [-0.2, -0.15) is 12.6 Å². The van der Waals surface area contributed by atoms with Crippen LogP contribution in [0.3, 0.4) is 0 Å². The summed E-state index contributed by atoms with van der Waals surface area (Å²) in [6.07, 6.45) is 0. The van der Waals surface area contributed by atoms with Crippen LogP contribution in [0.15, 0.2) is 29.1 Å². The van der Waals surface area contributed by atoms with E-state index in [-0.39, 0.29) is 11.3 Å². The number of aryl methyl sites for hydroxylation is 1. The molecule has 1 aromatic heterocycles. The number of nitrogens with zero attached hydrogens (tertiary/aromatic N) is 2. The predicted octanol–water partition coefficient (Wildman–Crippen LogP) is 1.26. The van der Waals surface area contributed by atoms with Gasteiger partial charge in [-0.25, -0.2) is 9.78 Å². The molecule has 0 saturated heterocycles. The molecule has 0 amide bonds. The molecule has 1 aromatic carbocycles. The minimum Gasteiger partial charge on any atom is -0.480 e. The van der Waals surface area contributed by atoms with Crippen LogP contribution >= 0.6 is 12.6 Å². The van der Waals surface area contributed by atoms with Crippen LogP contribution in [0, 0.1) is 6.92 Å². The second kappa shape index (κ2) is 4.81. The second-order valence-corrected chi connectivity index (χ2v) is 4.25. The lowest BCUT2D eigenvalue weighted by Crippen LogP contribution is -2.33. The Bertz CT molecular complexity index is 666. The van der Waals surface area contributed by atoms with Crippen molar-refractivity contribution >= 4 is 29.5 Å². The molecule has 0 bridgehead atoms. The van der Waals surface area contributed by atoms with Crippen molar-refractivity contribution in [3.63, 3.8) is 0 Å². The zero-order valence-corrected chi connectivity index (χ0v) is 10.6. The third-order valence-electron chi connectivity index (χ3n) is 2.75. The molecule has 5 nitrogen and oxygen atoms in total. The van der Waals surface area contributed by atoms with Crippen LogP contribution in [0.2, 0.25) is 0 Å². The van der Waals surface area contributed by atoms with Crippen molar-refractivity contribution < 1.29 is 9.90 Å². The van der Waals surface area contributed by atoms with E-state index in [2.05, 4.69) is 17.6 Å². The molecule has 2 aromatic rings. The summed E-state index contributed by atoms with van der Waals surface area (Å²) in [6.45, 7) is 1.62. The van der Waals surface area contributed by atoms with Gasteiger partial charge in [0, 0.05) is 5.75 Å². The fourth-order valence-electron chi connectivity index (χ4n) is 1.89. The van der Waals surface area contributed by atoms with E-state index in [0.717, 1.165) is 0 Å². The number of aromatic nitrogens is 2. The average Bonchev–Trinajstić information content (AvgIpc) is 2.34. The molecule has 1 N–H and O–H groups in total. The minimum atomic E-state index is -1.09. The highest BCUT2D eigenvalue weighted by Crippen LogP contribution is 2.13. The van der Waals surface area contributed by atoms with E-state index in [1.165, 1.54) is 4.57 Å². The Kier molecular flexibility index (Phi) is 3.38. The van der Waals surface area contributed by atoms with Gasteiger partial charge in [-0.1, -0.05) is 12.1 Å². The minimum absolute atomic E-state index is 0.0378.